The summed E-state index contributed by atoms with van der Waals surface area (Å²) in [6, 6.07) is 8.14. The van der Waals surface area contributed by atoms with Crippen LogP contribution < -0.4 is 0 Å². The Hall–Kier alpha value is -1.35. The number of fused-ring (bicyclic) bond motifs is 1. The summed E-state index contributed by atoms with van der Waals surface area (Å²) in [5.41, 5.74) is 2.49. The lowest BCUT2D eigenvalue weighted by atomic mass is 10.1. The topological polar surface area (TPSA) is 29.5 Å². The molecule has 1 aromatic carbocycles. The van der Waals surface area contributed by atoms with Crippen molar-refractivity contribution >= 4 is 5.91 Å². The maximum Gasteiger partial charge on any atom is 0.249 e. The van der Waals surface area contributed by atoms with E-state index >= 15 is 0 Å². The predicted molar refractivity (Wildman–Crippen MR) is 52.6 cm³/mol. The number of hydrogen-bond donors (Lipinski definition) is 0. The summed E-state index contributed by atoms with van der Waals surface area (Å²) in [6.45, 7) is 1.62. The Morgan fingerprint density at radius 1 is 1.36 bits per heavy atom. The Kier molecular flexibility index (Phi) is 2.50. The van der Waals surface area contributed by atoms with Gasteiger partial charge in [0.05, 0.1) is 0 Å². The fraction of sp³-hybridized carbons (Fsp3) is 0.364. The molecule has 0 aromatic heterocycles. The standard InChI is InChI=1S/C11H13NO2/c1-14-8-11(13)12-6-9-4-2-3-5-10(9)7-12/h2-5H,6-8H2,1H3. The van der Waals surface area contributed by atoms with Crippen LogP contribution in [-0.4, -0.2) is 24.5 Å². The highest BCUT2D eigenvalue weighted by Crippen LogP contribution is 2.21. The normalized spacial score (nSPS) is 14.2. The van der Waals surface area contributed by atoms with Crippen molar-refractivity contribution in [2.75, 3.05) is 13.7 Å². The van der Waals surface area contributed by atoms with Gasteiger partial charge in [0.2, 0.25) is 5.91 Å². The molecule has 1 amide bonds. The molecule has 1 aromatic rings. The zero-order chi connectivity index (χ0) is 9.97. The average Bonchev–Trinajstić information content (AvgIpc) is 2.61. The third kappa shape index (κ3) is 1.63. The number of ether oxygens (including phenoxy) is 1. The monoisotopic (exact) mass is 191 g/mol. The second kappa shape index (κ2) is 3.80. The van der Waals surface area contributed by atoms with Crippen molar-refractivity contribution in [1.82, 2.24) is 4.90 Å². The van der Waals surface area contributed by atoms with Crippen molar-refractivity contribution in [2.24, 2.45) is 0 Å². The lowest BCUT2D eigenvalue weighted by molar-refractivity contribution is -0.135. The smallest absolute Gasteiger partial charge is 0.249 e. The van der Waals surface area contributed by atoms with Crippen molar-refractivity contribution in [3.05, 3.63) is 35.4 Å². The first-order valence-corrected chi connectivity index (χ1v) is 4.65. The molecule has 74 valence electrons. The summed E-state index contributed by atoms with van der Waals surface area (Å²) in [5, 5.41) is 0. The van der Waals surface area contributed by atoms with Gasteiger partial charge in [0.15, 0.2) is 0 Å². The van der Waals surface area contributed by atoms with E-state index in [9.17, 15) is 4.79 Å². The van der Waals surface area contributed by atoms with Crippen molar-refractivity contribution in [2.45, 2.75) is 13.1 Å². The minimum atomic E-state index is 0.0590. The molecular weight excluding hydrogens is 178 g/mol. The van der Waals surface area contributed by atoms with Gasteiger partial charge in [-0.05, 0) is 11.1 Å². The van der Waals surface area contributed by atoms with Crippen molar-refractivity contribution < 1.29 is 9.53 Å². The van der Waals surface area contributed by atoms with Gasteiger partial charge in [0, 0.05) is 20.2 Å². The largest absolute Gasteiger partial charge is 0.375 e. The van der Waals surface area contributed by atoms with Crippen LogP contribution in [0.4, 0.5) is 0 Å². The molecule has 0 spiro atoms. The van der Waals surface area contributed by atoms with E-state index in [2.05, 4.69) is 12.1 Å². The molecule has 0 N–H and O–H groups in total. The molecule has 0 unspecified atom stereocenters. The molecule has 3 nitrogen and oxygen atoms in total. The van der Waals surface area contributed by atoms with Crippen LogP contribution in [0.1, 0.15) is 11.1 Å². The molecule has 0 aliphatic carbocycles. The molecule has 0 saturated carbocycles. The molecule has 0 radical (unpaired) electrons. The first kappa shape index (κ1) is 9.21. The fourth-order valence-corrected chi connectivity index (χ4v) is 1.72. The number of methoxy groups -OCH3 is 1. The zero-order valence-corrected chi connectivity index (χ0v) is 8.19. The van der Waals surface area contributed by atoms with Gasteiger partial charge in [-0.25, -0.2) is 0 Å². The summed E-state index contributed by atoms with van der Waals surface area (Å²) >= 11 is 0. The SMILES string of the molecule is COCC(=O)N1Cc2ccccc2C1. The van der Waals surface area contributed by atoms with E-state index in [-0.39, 0.29) is 12.5 Å². The van der Waals surface area contributed by atoms with Gasteiger partial charge in [-0.15, -0.1) is 0 Å². The number of benzene rings is 1. The van der Waals surface area contributed by atoms with E-state index in [1.807, 2.05) is 17.0 Å². The van der Waals surface area contributed by atoms with E-state index in [4.69, 9.17) is 4.74 Å². The van der Waals surface area contributed by atoms with E-state index in [1.54, 1.807) is 7.11 Å². The minimum Gasteiger partial charge on any atom is -0.375 e. The molecule has 0 saturated heterocycles. The maximum absolute atomic E-state index is 11.5. The summed E-state index contributed by atoms with van der Waals surface area (Å²) in [7, 11) is 1.54. The molecule has 2 rings (SSSR count). The van der Waals surface area contributed by atoms with Crippen LogP contribution >= 0.6 is 0 Å². The minimum absolute atomic E-state index is 0.0590. The van der Waals surface area contributed by atoms with Gasteiger partial charge in [-0.1, -0.05) is 24.3 Å². The Balaban J connectivity index is 2.08. The number of hydrogen-bond acceptors (Lipinski definition) is 2. The lowest BCUT2D eigenvalue weighted by Gasteiger charge is -2.14. The first-order chi connectivity index (χ1) is 6.81. The van der Waals surface area contributed by atoms with Crippen LogP contribution in [0.15, 0.2) is 24.3 Å². The van der Waals surface area contributed by atoms with Crippen LogP contribution in [-0.2, 0) is 22.6 Å². The highest BCUT2D eigenvalue weighted by atomic mass is 16.5. The third-order valence-electron chi connectivity index (χ3n) is 2.46. The van der Waals surface area contributed by atoms with Gasteiger partial charge in [-0.3, -0.25) is 4.79 Å². The molecule has 1 heterocycles. The van der Waals surface area contributed by atoms with Crippen LogP contribution in [0.2, 0.25) is 0 Å². The summed E-state index contributed by atoms with van der Waals surface area (Å²) in [6.07, 6.45) is 0. The highest BCUT2D eigenvalue weighted by molar-refractivity contribution is 5.78. The second-order valence-corrected chi connectivity index (χ2v) is 3.45. The first-order valence-electron chi connectivity index (χ1n) is 4.65. The van der Waals surface area contributed by atoms with E-state index < -0.39 is 0 Å². The van der Waals surface area contributed by atoms with Crippen molar-refractivity contribution in [3.8, 4) is 0 Å². The second-order valence-electron chi connectivity index (χ2n) is 3.45. The van der Waals surface area contributed by atoms with Crippen LogP contribution in [0.25, 0.3) is 0 Å². The molecule has 14 heavy (non-hydrogen) atoms. The van der Waals surface area contributed by atoms with Crippen LogP contribution in [0, 0.1) is 0 Å². The van der Waals surface area contributed by atoms with Gasteiger partial charge in [0.25, 0.3) is 0 Å². The van der Waals surface area contributed by atoms with Gasteiger partial charge in [0.1, 0.15) is 6.61 Å². The van der Waals surface area contributed by atoms with Crippen molar-refractivity contribution in [1.29, 1.82) is 0 Å². The molecule has 0 bridgehead atoms. The van der Waals surface area contributed by atoms with E-state index in [1.165, 1.54) is 11.1 Å². The maximum atomic E-state index is 11.5. The fourth-order valence-electron chi connectivity index (χ4n) is 1.72. The molecule has 1 aliphatic rings. The average molecular weight is 191 g/mol. The van der Waals surface area contributed by atoms with Gasteiger partial charge in [-0.2, -0.15) is 0 Å². The van der Waals surface area contributed by atoms with Gasteiger partial charge < -0.3 is 9.64 Å². The molecule has 1 aliphatic heterocycles. The quantitative estimate of drug-likeness (QED) is 0.702. The highest BCUT2D eigenvalue weighted by Gasteiger charge is 2.21. The zero-order valence-electron chi connectivity index (χ0n) is 8.19. The predicted octanol–water partition coefficient (Wildman–Crippen LogP) is 1.18. The Morgan fingerprint density at radius 3 is 2.43 bits per heavy atom. The molecular formula is C11H13NO2. The number of rotatable bonds is 2. The number of carbonyl (C=O) groups is 1. The Morgan fingerprint density at radius 2 is 1.93 bits per heavy atom. The molecule has 0 fully saturated rings. The molecule has 3 heteroatoms. The number of amides is 1. The lowest BCUT2D eigenvalue weighted by Crippen LogP contribution is -2.28. The summed E-state index contributed by atoms with van der Waals surface area (Å²) in [5.74, 6) is 0.0590. The third-order valence-corrected chi connectivity index (χ3v) is 2.46. The molecule has 0 atom stereocenters. The Labute approximate surface area is 83.3 Å². The van der Waals surface area contributed by atoms with Gasteiger partial charge >= 0.3 is 0 Å². The van der Waals surface area contributed by atoms with Crippen LogP contribution in [0.3, 0.4) is 0 Å². The van der Waals surface area contributed by atoms with E-state index in [0.29, 0.717) is 0 Å². The number of nitrogens with zero attached hydrogens (tertiary/aromatic N) is 1. The van der Waals surface area contributed by atoms with Crippen LogP contribution in [0.5, 0.6) is 0 Å². The Bertz CT molecular complexity index is 324. The van der Waals surface area contributed by atoms with E-state index in [0.717, 1.165) is 13.1 Å². The van der Waals surface area contributed by atoms with Crippen molar-refractivity contribution in [3.63, 3.8) is 0 Å². The summed E-state index contributed by atoms with van der Waals surface area (Å²) in [4.78, 5) is 13.3. The summed E-state index contributed by atoms with van der Waals surface area (Å²) < 4.78 is 4.82. The number of carbonyl (C=O) groups excluding carboxylic acids is 1.